The molecule has 0 radical (unpaired) electrons. The summed E-state index contributed by atoms with van der Waals surface area (Å²) in [6.45, 7) is 0. The Balaban J connectivity index is 1.84. The van der Waals surface area contributed by atoms with Crippen LogP contribution >= 0.6 is 11.6 Å². The molecule has 2 aromatic heterocycles. The van der Waals surface area contributed by atoms with E-state index in [0.29, 0.717) is 27.0 Å². The minimum absolute atomic E-state index is 0.134. The molecule has 0 spiro atoms. The fraction of sp³-hybridized carbons (Fsp3) is 0.0526. The van der Waals surface area contributed by atoms with Crippen molar-refractivity contribution in [3.63, 3.8) is 0 Å². The second kappa shape index (κ2) is 6.78. The van der Waals surface area contributed by atoms with E-state index >= 15 is 0 Å². The van der Waals surface area contributed by atoms with Crippen molar-refractivity contribution in [2.75, 3.05) is 11.0 Å². The maximum atomic E-state index is 14.7. The van der Waals surface area contributed by atoms with E-state index in [1.165, 1.54) is 12.3 Å². The molecule has 0 aliphatic heterocycles. The predicted molar refractivity (Wildman–Crippen MR) is 107 cm³/mol. The Bertz CT molecular complexity index is 1420. The van der Waals surface area contributed by atoms with E-state index in [0.717, 1.165) is 18.4 Å². The number of hydrogen-bond donors (Lipinski definition) is 2. The van der Waals surface area contributed by atoms with Gasteiger partial charge in [0.15, 0.2) is 11.6 Å². The Hall–Kier alpha value is -3.04. The number of halogens is 3. The first-order valence-electron chi connectivity index (χ1n) is 8.21. The van der Waals surface area contributed by atoms with Crippen LogP contribution in [0, 0.1) is 11.6 Å². The van der Waals surface area contributed by atoms with Crippen molar-refractivity contribution in [2.45, 2.75) is 0 Å². The van der Waals surface area contributed by atoms with Gasteiger partial charge in [0.1, 0.15) is 17.2 Å². The molecular formula is C19H12ClF2N3O3S. The lowest BCUT2D eigenvalue weighted by Gasteiger charge is -2.10. The molecule has 10 heteroatoms. The summed E-state index contributed by atoms with van der Waals surface area (Å²) in [7, 11) is -3.94. The van der Waals surface area contributed by atoms with Gasteiger partial charge in [0.2, 0.25) is 10.0 Å². The summed E-state index contributed by atoms with van der Waals surface area (Å²) in [6, 6.07) is 8.14. The third-order valence-electron chi connectivity index (χ3n) is 4.30. The lowest BCUT2D eigenvalue weighted by molar-refractivity contribution is 0.103. The van der Waals surface area contributed by atoms with Crippen molar-refractivity contribution in [2.24, 2.45) is 0 Å². The number of H-pyrrole nitrogens is 1. The SMILES string of the molecule is CS(=O)(=O)Nc1c(F)ccc(C(=O)c2ccc3[nH]c4ncc(Cl)cc4c3c2)c1F. The Labute approximate surface area is 168 Å². The largest absolute Gasteiger partial charge is 0.339 e. The van der Waals surface area contributed by atoms with Crippen molar-refractivity contribution >= 4 is 55.0 Å². The van der Waals surface area contributed by atoms with Crippen LogP contribution in [0.4, 0.5) is 14.5 Å². The van der Waals surface area contributed by atoms with Crippen molar-refractivity contribution < 1.29 is 22.0 Å². The minimum Gasteiger partial charge on any atom is -0.339 e. The zero-order chi connectivity index (χ0) is 20.9. The summed E-state index contributed by atoms with van der Waals surface area (Å²) in [4.78, 5) is 20.1. The van der Waals surface area contributed by atoms with Crippen LogP contribution in [-0.4, -0.2) is 30.4 Å². The number of benzene rings is 2. The van der Waals surface area contributed by atoms with Gasteiger partial charge in [0.25, 0.3) is 0 Å². The summed E-state index contributed by atoms with van der Waals surface area (Å²) in [5.41, 5.74) is 0.0384. The molecule has 2 aromatic carbocycles. The molecule has 0 atom stereocenters. The molecule has 0 bridgehead atoms. The first kappa shape index (κ1) is 19.3. The van der Waals surface area contributed by atoms with Gasteiger partial charge in [-0.2, -0.15) is 0 Å². The van der Waals surface area contributed by atoms with Crippen LogP contribution in [0.1, 0.15) is 15.9 Å². The molecule has 0 saturated heterocycles. The average molecular weight is 436 g/mol. The Morgan fingerprint density at radius 1 is 1.14 bits per heavy atom. The lowest BCUT2D eigenvalue weighted by atomic mass is 10.00. The average Bonchev–Trinajstić information content (AvgIpc) is 3.01. The highest BCUT2D eigenvalue weighted by atomic mass is 35.5. The number of anilines is 1. The third-order valence-corrected chi connectivity index (χ3v) is 5.08. The highest BCUT2D eigenvalue weighted by Gasteiger charge is 2.22. The van der Waals surface area contributed by atoms with Gasteiger partial charge in [-0.25, -0.2) is 22.2 Å². The predicted octanol–water partition coefficient (Wildman–Crippen LogP) is 4.25. The van der Waals surface area contributed by atoms with Gasteiger partial charge < -0.3 is 4.98 Å². The molecule has 4 aromatic rings. The van der Waals surface area contributed by atoms with Crippen LogP contribution in [0.5, 0.6) is 0 Å². The number of ketones is 1. The number of fused-ring (bicyclic) bond motifs is 3. The van der Waals surface area contributed by atoms with Crippen LogP contribution in [0.15, 0.2) is 42.6 Å². The summed E-state index contributed by atoms with van der Waals surface area (Å²) in [5.74, 6) is -3.15. The minimum atomic E-state index is -3.94. The maximum Gasteiger partial charge on any atom is 0.230 e. The Morgan fingerprint density at radius 2 is 1.90 bits per heavy atom. The van der Waals surface area contributed by atoms with Gasteiger partial charge in [-0.1, -0.05) is 11.6 Å². The van der Waals surface area contributed by atoms with Crippen LogP contribution in [-0.2, 0) is 10.0 Å². The van der Waals surface area contributed by atoms with E-state index in [-0.39, 0.29) is 5.56 Å². The monoisotopic (exact) mass is 435 g/mol. The molecule has 2 heterocycles. The van der Waals surface area contributed by atoms with Gasteiger partial charge in [-0.3, -0.25) is 9.52 Å². The molecule has 2 N–H and O–H groups in total. The van der Waals surface area contributed by atoms with Crippen molar-refractivity contribution in [3.05, 3.63) is 70.4 Å². The summed E-state index contributed by atoms with van der Waals surface area (Å²) < 4.78 is 53.2. The first-order chi connectivity index (χ1) is 13.6. The number of hydrogen-bond acceptors (Lipinski definition) is 4. The van der Waals surface area contributed by atoms with E-state index in [4.69, 9.17) is 11.6 Å². The quantitative estimate of drug-likeness (QED) is 0.469. The van der Waals surface area contributed by atoms with E-state index in [9.17, 15) is 22.0 Å². The second-order valence-corrected chi connectivity index (χ2v) is 8.61. The first-order valence-corrected chi connectivity index (χ1v) is 10.5. The summed E-state index contributed by atoms with van der Waals surface area (Å²) in [5, 5.41) is 1.75. The smallest absolute Gasteiger partial charge is 0.230 e. The van der Waals surface area contributed by atoms with Gasteiger partial charge in [-0.15, -0.1) is 0 Å². The molecule has 0 amide bonds. The number of rotatable bonds is 4. The Kier molecular flexibility index (Phi) is 4.51. The number of aromatic amines is 1. The standard InChI is InChI=1S/C19H12ClF2N3O3S/c1-29(27,28)25-17-14(21)4-3-11(16(17)22)18(26)9-2-5-15-12(6-9)13-7-10(20)8-23-19(13)24-15/h2-8,25H,1H3,(H,23,24). The number of carbonyl (C=O) groups excluding carboxylic acids is 1. The van der Waals surface area contributed by atoms with Crippen LogP contribution in [0.25, 0.3) is 21.9 Å². The molecule has 0 fully saturated rings. The highest BCUT2D eigenvalue weighted by Crippen LogP contribution is 2.29. The number of pyridine rings is 1. The molecule has 0 aliphatic rings. The Morgan fingerprint density at radius 3 is 2.62 bits per heavy atom. The lowest BCUT2D eigenvalue weighted by Crippen LogP contribution is -2.15. The van der Waals surface area contributed by atoms with Gasteiger partial charge >= 0.3 is 0 Å². The third kappa shape index (κ3) is 3.54. The highest BCUT2D eigenvalue weighted by molar-refractivity contribution is 7.92. The van der Waals surface area contributed by atoms with E-state index in [1.807, 2.05) is 0 Å². The molecule has 0 aliphatic carbocycles. The topological polar surface area (TPSA) is 91.9 Å². The number of carbonyl (C=O) groups is 1. The molecule has 29 heavy (non-hydrogen) atoms. The molecule has 6 nitrogen and oxygen atoms in total. The number of aromatic nitrogens is 2. The van der Waals surface area contributed by atoms with E-state index in [1.54, 1.807) is 22.9 Å². The van der Waals surface area contributed by atoms with Crippen LogP contribution in [0.3, 0.4) is 0 Å². The second-order valence-electron chi connectivity index (χ2n) is 6.42. The summed E-state index contributed by atoms with van der Waals surface area (Å²) in [6.07, 6.45) is 2.24. The molecule has 4 rings (SSSR count). The zero-order valence-corrected chi connectivity index (χ0v) is 16.3. The maximum absolute atomic E-state index is 14.7. The van der Waals surface area contributed by atoms with E-state index in [2.05, 4.69) is 9.97 Å². The van der Waals surface area contributed by atoms with E-state index < -0.39 is 38.7 Å². The number of nitrogens with zero attached hydrogens (tertiary/aromatic N) is 1. The molecule has 148 valence electrons. The van der Waals surface area contributed by atoms with Crippen LogP contribution in [0.2, 0.25) is 5.02 Å². The number of nitrogens with one attached hydrogen (secondary N) is 2. The zero-order valence-electron chi connectivity index (χ0n) is 14.8. The van der Waals surface area contributed by atoms with Crippen molar-refractivity contribution in [1.29, 1.82) is 0 Å². The number of sulfonamides is 1. The molecular weight excluding hydrogens is 424 g/mol. The fourth-order valence-corrected chi connectivity index (χ4v) is 3.77. The van der Waals surface area contributed by atoms with Crippen molar-refractivity contribution in [1.82, 2.24) is 9.97 Å². The molecule has 0 saturated carbocycles. The normalized spacial score (nSPS) is 11.9. The van der Waals surface area contributed by atoms with Crippen LogP contribution < -0.4 is 4.72 Å². The van der Waals surface area contributed by atoms with Gasteiger partial charge in [0, 0.05) is 28.0 Å². The fourth-order valence-electron chi connectivity index (χ4n) is 3.05. The van der Waals surface area contributed by atoms with Crippen molar-refractivity contribution in [3.8, 4) is 0 Å². The summed E-state index contributed by atoms with van der Waals surface area (Å²) >= 11 is 6.00. The van der Waals surface area contributed by atoms with Gasteiger partial charge in [-0.05, 0) is 36.4 Å². The molecule has 0 unspecified atom stereocenters. The van der Waals surface area contributed by atoms with Gasteiger partial charge in [0.05, 0.1) is 16.8 Å².